The third kappa shape index (κ3) is 9.45. The molecule has 2 N–H and O–H groups in total. The maximum atomic E-state index is 11.7. The third-order valence-corrected chi connectivity index (χ3v) is 4.18. The molecular formula is C18H30N4OS. The highest BCUT2D eigenvalue weighted by molar-refractivity contribution is 7.98. The first-order valence-corrected chi connectivity index (χ1v) is 9.78. The number of amides is 1. The summed E-state index contributed by atoms with van der Waals surface area (Å²) < 4.78 is 0. The number of unbranched alkanes of at least 4 members (excludes halogenated alkanes) is 1. The Labute approximate surface area is 150 Å². The minimum absolute atomic E-state index is 0.00143. The first kappa shape index (κ1) is 20.4. The molecule has 0 atom stereocenters. The van der Waals surface area contributed by atoms with Crippen LogP contribution in [0.25, 0.3) is 0 Å². The van der Waals surface area contributed by atoms with E-state index in [-0.39, 0.29) is 12.5 Å². The summed E-state index contributed by atoms with van der Waals surface area (Å²) in [6, 6.07) is 10.3. The zero-order valence-corrected chi connectivity index (χ0v) is 15.9. The minimum Gasteiger partial charge on any atom is -0.356 e. The van der Waals surface area contributed by atoms with E-state index in [1.165, 1.54) is 17.7 Å². The van der Waals surface area contributed by atoms with Crippen molar-refractivity contribution in [2.45, 2.75) is 19.3 Å². The predicted octanol–water partition coefficient (Wildman–Crippen LogP) is 2.00. The first-order valence-electron chi connectivity index (χ1n) is 8.38. The third-order valence-electron chi connectivity index (χ3n) is 3.49. The van der Waals surface area contributed by atoms with E-state index in [9.17, 15) is 4.79 Å². The molecule has 0 saturated heterocycles. The lowest BCUT2D eigenvalue weighted by molar-refractivity contribution is -0.127. The van der Waals surface area contributed by atoms with Crippen molar-refractivity contribution >= 4 is 23.6 Å². The minimum atomic E-state index is 0.00143. The van der Waals surface area contributed by atoms with Gasteiger partial charge in [-0.25, -0.2) is 4.99 Å². The monoisotopic (exact) mass is 350 g/mol. The molecule has 0 saturated carbocycles. The number of aliphatic imine (C=N–C) groups is 1. The summed E-state index contributed by atoms with van der Waals surface area (Å²) in [4.78, 5) is 17.7. The van der Waals surface area contributed by atoms with Gasteiger partial charge in [0.25, 0.3) is 0 Å². The summed E-state index contributed by atoms with van der Waals surface area (Å²) in [5.41, 5.74) is 1.29. The average Bonchev–Trinajstić information content (AvgIpc) is 2.59. The molecule has 1 rings (SSSR count). The van der Waals surface area contributed by atoms with Crippen molar-refractivity contribution < 1.29 is 4.79 Å². The number of benzene rings is 1. The van der Waals surface area contributed by atoms with Crippen molar-refractivity contribution in [2.75, 3.05) is 45.7 Å². The van der Waals surface area contributed by atoms with Crippen LogP contribution >= 0.6 is 11.8 Å². The van der Waals surface area contributed by atoms with Crippen molar-refractivity contribution in [3.05, 3.63) is 35.9 Å². The topological polar surface area (TPSA) is 56.7 Å². The Morgan fingerprint density at radius 2 is 1.83 bits per heavy atom. The summed E-state index contributed by atoms with van der Waals surface area (Å²) >= 11 is 1.87. The van der Waals surface area contributed by atoms with Gasteiger partial charge in [0.15, 0.2) is 5.96 Å². The number of thioether (sulfide) groups is 1. The van der Waals surface area contributed by atoms with Gasteiger partial charge in [-0.2, -0.15) is 11.8 Å². The van der Waals surface area contributed by atoms with Gasteiger partial charge in [-0.15, -0.1) is 0 Å². The van der Waals surface area contributed by atoms with E-state index in [1.54, 1.807) is 19.0 Å². The number of carbonyl (C=O) groups excluding carboxylic acids is 1. The molecule has 0 aliphatic heterocycles. The average molecular weight is 351 g/mol. The Hall–Kier alpha value is -1.69. The highest BCUT2D eigenvalue weighted by Crippen LogP contribution is 1.99. The lowest BCUT2D eigenvalue weighted by atomic mass is 10.1. The predicted molar refractivity (Wildman–Crippen MR) is 105 cm³/mol. The van der Waals surface area contributed by atoms with Crippen molar-refractivity contribution in [3.63, 3.8) is 0 Å². The lowest BCUT2D eigenvalue weighted by Crippen LogP contribution is -2.40. The van der Waals surface area contributed by atoms with Crippen LogP contribution in [0.3, 0.4) is 0 Å². The van der Waals surface area contributed by atoms with E-state index in [2.05, 4.69) is 34.0 Å². The highest BCUT2D eigenvalue weighted by atomic mass is 32.2. The van der Waals surface area contributed by atoms with Crippen LogP contribution in [-0.2, 0) is 11.2 Å². The smallest absolute Gasteiger partial charge is 0.243 e. The molecule has 5 nitrogen and oxygen atoms in total. The molecular weight excluding hydrogens is 320 g/mol. The number of hydrogen-bond donors (Lipinski definition) is 2. The van der Waals surface area contributed by atoms with Gasteiger partial charge in [0.2, 0.25) is 5.91 Å². The standard InChI is InChI=1S/C18H30N4OS/c1-22(2)17(23)15-21-18(19-12-7-8-14-24-3)20-13-11-16-9-5-4-6-10-16/h4-6,9-10H,7-8,11-15H2,1-3H3,(H2,19,20,21). The van der Waals surface area contributed by atoms with Crippen molar-refractivity contribution in [1.82, 2.24) is 15.5 Å². The largest absolute Gasteiger partial charge is 0.356 e. The van der Waals surface area contributed by atoms with Crippen LogP contribution in [0.5, 0.6) is 0 Å². The molecule has 134 valence electrons. The molecule has 0 unspecified atom stereocenters. The number of rotatable bonds is 10. The van der Waals surface area contributed by atoms with E-state index in [4.69, 9.17) is 0 Å². The molecule has 1 aromatic rings. The zero-order chi connectivity index (χ0) is 17.6. The molecule has 1 amide bonds. The molecule has 0 aliphatic rings. The van der Waals surface area contributed by atoms with Gasteiger partial charge in [-0.1, -0.05) is 30.3 Å². The summed E-state index contributed by atoms with van der Waals surface area (Å²) in [7, 11) is 3.49. The van der Waals surface area contributed by atoms with Crippen LogP contribution < -0.4 is 10.6 Å². The second kappa shape index (κ2) is 12.7. The summed E-state index contributed by atoms with van der Waals surface area (Å²) in [6.45, 7) is 1.82. The lowest BCUT2D eigenvalue weighted by Gasteiger charge is -2.14. The number of hydrogen-bond acceptors (Lipinski definition) is 3. The van der Waals surface area contributed by atoms with E-state index >= 15 is 0 Å². The summed E-state index contributed by atoms with van der Waals surface area (Å²) in [6.07, 6.45) is 5.33. The van der Waals surface area contributed by atoms with Crippen LogP contribution in [0.1, 0.15) is 18.4 Å². The molecule has 0 aliphatic carbocycles. The fourth-order valence-electron chi connectivity index (χ4n) is 2.01. The molecule has 0 radical (unpaired) electrons. The fourth-order valence-corrected chi connectivity index (χ4v) is 2.50. The Balaban J connectivity index is 2.43. The van der Waals surface area contributed by atoms with Crippen LogP contribution in [0.2, 0.25) is 0 Å². The number of carbonyl (C=O) groups is 1. The number of likely N-dealkylation sites (N-methyl/N-ethyl adjacent to an activating group) is 1. The van der Waals surface area contributed by atoms with E-state index in [0.29, 0.717) is 5.96 Å². The van der Waals surface area contributed by atoms with E-state index in [0.717, 1.165) is 25.9 Å². The van der Waals surface area contributed by atoms with Crippen LogP contribution in [0.4, 0.5) is 0 Å². The Bertz CT molecular complexity index is 491. The Kier molecular flexibility index (Phi) is 10.8. The Morgan fingerprint density at radius 3 is 2.50 bits per heavy atom. The van der Waals surface area contributed by atoms with Crippen LogP contribution in [0.15, 0.2) is 35.3 Å². The van der Waals surface area contributed by atoms with E-state index < -0.39 is 0 Å². The van der Waals surface area contributed by atoms with Gasteiger partial charge in [0.1, 0.15) is 6.54 Å². The van der Waals surface area contributed by atoms with Crippen molar-refractivity contribution in [2.24, 2.45) is 4.99 Å². The van der Waals surface area contributed by atoms with Crippen LogP contribution in [-0.4, -0.2) is 62.5 Å². The summed E-state index contributed by atoms with van der Waals surface area (Å²) in [5, 5.41) is 6.63. The summed E-state index contributed by atoms with van der Waals surface area (Å²) in [5.74, 6) is 1.89. The molecule has 0 bridgehead atoms. The molecule has 0 fully saturated rings. The number of guanidine groups is 1. The number of nitrogens with zero attached hydrogens (tertiary/aromatic N) is 2. The zero-order valence-electron chi connectivity index (χ0n) is 15.0. The highest BCUT2D eigenvalue weighted by Gasteiger charge is 2.04. The van der Waals surface area contributed by atoms with Gasteiger partial charge in [-0.3, -0.25) is 4.79 Å². The second-order valence-electron chi connectivity index (χ2n) is 5.74. The normalized spacial score (nSPS) is 11.2. The van der Waals surface area contributed by atoms with Crippen LogP contribution in [0, 0.1) is 0 Å². The van der Waals surface area contributed by atoms with Gasteiger partial charge < -0.3 is 15.5 Å². The molecule has 0 spiro atoms. The fraction of sp³-hybridized carbons (Fsp3) is 0.556. The SMILES string of the molecule is CSCCCCNC(=NCC(=O)N(C)C)NCCc1ccccc1. The maximum absolute atomic E-state index is 11.7. The van der Waals surface area contributed by atoms with Crippen molar-refractivity contribution in [1.29, 1.82) is 0 Å². The quantitative estimate of drug-likeness (QED) is 0.385. The molecule has 6 heteroatoms. The molecule has 0 heterocycles. The van der Waals surface area contributed by atoms with Gasteiger partial charge >= 0.3 is 0 Å². The molecule has 0 aromatic heterocycles. The first-order chi connectivity index (χ1) is 11.6. The van der Waals surface area contributed by atoms with E-state index in [1.807, 2.05) is 30.0 Å². The van der Waals surface area contributed by atoms with Gasteiger partial charge in [0, 0.05) is 27.2 Å². The van der Waals surface area contributed by atoms with Gasteiger partial charge in [0.05, 0.1) is 0 Å². The Morgan fingerprint density at radius 1 is 1.12 bits per heavy atom. The maximum Gasteiger partial charge on any atom is 0.243 e. The van der Waals surface area contributed by atoms with Gasteiger partial charge in [-0.05, 0) is 36.8 Å². The second-order valence-corrected chi connectivity index (χ2v) is 6.73. The van der Waals surface area contributed by atoms with Crippen molar-refractivity contribution in [3.8, 4) is 0 Å². The molecule has 24 heavy (non-hydrogen) atoms. The molecule has 1 aromatic carbocycles. The number of nitrogens with one attached hydrogen (secondary N) is 2.